The first-order valence-corrected chi connectivity index (χ1v) is 5.33. The summed E-state index contributed by atoms with van der Waals surface area (Å²) in [7, 11) is 0. The minimum absolute atomic E-state index is 0.00384. The average molecular weight is 256 g/mol. The normalized spacial score (nSPS) is 19.8. The van der Waals surface area contributed by atoms with Gasteiger partial charge >= 0.3 is 11.7 Å². The Morgan fingerprint density at radius 2 is 2.33 bits per heavy atom. The topological polar surface area (TPSA) is 128 Å². The summed E-state index contributed by atoms with van der Waals surface area (Å²) in [6.07, 6.45) is -0.166. The third kappa shape index (κ3) is 2.56. The maximum atomic E-state index is 11.6. The molecule has 1 aromatic heterocycles. The third-order valence-electron chi connectivity index (χ3n) is 2.60. The molecule has 2 rings (SSSR count). The predicted molar refractivity (Wildman–Crippen MR) is 59.7 cm³/mol. The number of ether oxygens (including phenoxy) is 1. The maximum absolute atomic E-state index is 11.6. The zero-order valence-electron chi connectivity index (χ0n) is 9.38. The molecule has 1 atom stereocenters. The third-order valence-corrected chi connectivity index (χ3v) is 2.60. The number of nitrogens with one attached hydrogen (secondary N) is 2. The molecule has 0 saturated carbocycles. The second kappa shape index (κ2) is 5.00. The molecule has 18 heavy (non-hydrogen) atoms. The van der Waals surface area contributed by atoms with Crippen molar-refractivity contribution in [1.29, 1.82) is 0 Å². The minimum Gasteiger partial charge on any atom is -0.481 e. The Balaban J connectivity index is 2.30. The molecule has 1 aliphatic rings. The lowest BCUT2D eigenvalue weighted by atomic mass is 10.1. The number of hydrogen-bond donors (Lipinski definition) is 3. The highest BCUT2D eigenvalue weighted by atomic mass is 16.5. The van der Waals surface area contributed by atoms with Crippen LogP contribution in [0.25, 0.3) is 0 Å². The summed E-state index contributed by atoms with van der Waals surface area (Å²) in [4.78, 5) is 36.8. The van der Waals surface area contributed by atoms with Crippen LogP contribution < -0.4 is 16.1 Å². The SMILES string of the molecule is O=C(O)CC1COCCN1c1n[nH]c(=O)[nH]c1=O. The van der Waals surface area contributed by atoms with Crippen LogP contribution in [0.2, 0.25) is 0 Å². The Kier molecular flexibility index (Phi) is 3.42. The van der Waals surface area contributed by atoms with Crippen LogP contribution in [-0.4, -0.2) is 52.1 Å². The summed E-state index contributed by atoms with van der Waals surface area (Å²) in [6, 6.07) is -0.476. The molecule has 3 N–H and O–H groups in total. The summed E-state index contributed by atoms with van der Waals surface area (Å²) < 4.78 is 5.18. The molecule has 0 bridgehead atoms. The first-order chi connectivity index (χ1) is 8.58. The highest BCUT2D eigenvalue weighted by molar-refractivity contribution is 5.68. The molecule has 9 nitrogen and oxygen atoms in total. The van der Waals surface area contributed by atoms with Gasteiger partial charge in [0.15, 0.2) is 0 Å². The van der Waals surface area contributed by atoms with Crippen molar-refractivity contribution in [3.8, 4) is 0 Å². The molecule has 1 unspecified atom stereocenters. The highest BCUT2D eigenvalue weighted by Gasteiger charge is 2.28. The summed E-state index contributed by atoms with van der Waals surface area (Å²) in [5.41, 5.74) is -1.34. The second-order valence-electron chi connectivity index (χ2n) is 3.85. The van der Waals surface area contributed by atoms with E-state index in [0.29, 0.717) is 13.2 Å². The van der Waals surface area contributed by atoms with Gasteiger partial charge in [-0.05, 0) is 0 Å². The van der Waals surface area contributed by atoms with Crippen LogP contribution in [0, 0.1) is 0 Å². The second-order valence-corrected chi connectivity index (χ2v) is 3.85. The van der Waals surface area contributed by atoms with E-state index in [4.69, 9.17) is 9.84 Å². The number of anilines is 1. The first kappa shape index (κ1) is 12.3. The van der Waals surface area contributed by atoms with E-state index in [1.165, 1.54) is 4.90 Å². The van der Waals surface area contributed by atoms with E-state index in [-0.39, 0.29) is 18.8 Å². The van der Waals surface area contributed by atoms with E-state index in [1.54, 1.807) is 0 Å². The molecule has 0 spiro atoms. The van der Waals surface area contributed by atoms with Crippen LogP contribution >= 0.6 is 0 Å². The van der Waals surface area contributed by atoms with Gasteiger partial charge in [-0.25, -0.2) is 9.89 Å². The summed E-state index contributed by atoms with van der Waals surface area (Å²) in [5, 5.41) is 14.6. The van der Waals surface area contributed by atoms with Gasteiger partial charge in [0.25, 0.3) is 5.56 Å². The van der Waals surface area contributed by atoms with Gasteiger partial charge in [0.05, 0.1) is 25.7 Å². The lowest BCUT2D eigenvalue weighted by Gasteiger charge is -2.34. The number of carboxylic acid groups (broad SMARTS) is 1. The molecule has 1 saturated heterocycles. The fourth-order valence-electron chi connectivity index (χ4n) is 1.84. The van der Waals surface area contributed by atoms with Crippen molar-refractivity contribution in [3.63, 3.8) is 0 Å². The molecule has 98 valence electrons. The monoisotopic (exact) mass is 256 g/mol. The Labute approximate surface area is 100 Å². The molecule has 1 aliphatic heterocycles. The van der Waals surface area contributed by atoms with Crippen LogP contribution in [0.4, 0.5) is 5.82 Å². The Hall–Kier alpha value is -2.16. The van der Waals surface area contributed by atoms with Crippen molar-refractivity contribution in [3.05, 3.63) is 20.8 Å². The number of morpholine rings is 1. The van der Waals surface area contributed by atoms with Crippen LogP contribution in [-0.2, 0) is 9.53 Å². The highest BCUT2D eigenvalue weighted by Crippen LogP contribution is 2.14. The average Bonchev–Trinajstić information content (AvgIpc) is 2.30. The fourth-order valence-corrected chi connectivity index (χ4v) is 1.84. The minimum atomic E-state index is -0.989. The van der Waals surface area contributed by atoms with Crippen LogP contribution in [0.1, 0.15) is 6.42 Å². The smallest absolute Gasteiger partial charge is 0.342 e. The van der Waals surface area contributed by atoms with Gasteiger partial charge in [0.2, 0.25) is 5.82 Å². The van der Waals surface area contributed by atoms with Crippen molar-refractivity contribution in [1.82, 2.24) is 15.2 Å². The molecule has 2 heterocycles. The molecular weight excluding hydrogens is 244 g/mol. The van der Waals surface area contributed by atoms with E-state index in [0.717, 1.165) is 0 Å². The Morgan fingerprint density at radius 1 is 1.56 bits per heavy atom. The van der Waals surface area contributed by atoms with Gasteiger partial charge in [-0.3, -0.25) is 14.6 Å². The molecule has 1 aromatic rings. The van der Waals surface area contributed by atoms with Gasteiger partial charge < -0.3 is 14.7 Å². The van der Waals surface area contributed by atoms with Gasteiger partial charge in [-0.1, -0.05) is 0 Å². The number of aliphatic carboxylic acids is 1. The summed E-state index contributed by atoms with van der Waals surface area (Å²) in [6.45, 7) is 0.920. The van der Waals surface area contributed by atoms with Crippen molar-refractivity contribution >= 4 is 11.8 Å². The zero-order valence-corrected chi connectivity index (χ0v) is 9.38. The molecule has 9 heteroatoms. The number of nitrogens with zero attached hydrogens (tertiary/aromatic N) is 2. The number of carboxylic acids is 1. The number of aromatic nitrogens is 3. The quantitative estimate of drug-likeness (QED) is 0.578. The van der Waals surface area contributed by atoms with E-state index >= 15 is 0 Å². The standard InChI is InChI=1S/C9H12N4O5/c14-6(15)3-5-4-18-2-1-13(5)7-8(16)10-9(17)12-11-7/h5H,1-4H2,(H,14,15)(H2,10,12,16,17). The van der Waals surface area contributed by atoms with Crippen molar-refractivity contribution in [2.45, 2.75) is 12.5 Å². The van der Waals surface area contributed by atoms with E-state index in [1.807, 2.05) is 0 Å². The molecule has 0 amide bonds. The van der Waals surface area contributed by atoms with Crippen LogP contribution in [0.15, 0.2) is 9.59 Å². The zero-order chi connectivity index (χ0) is 13.1. The summed E-state index contributed by atoms with van der Waals surface area (Å²) in [5.74, 6) is -0.986. The Morgan fingerprint density at radius 3 is 3.00 bits per heavy atom. The lowest BCUT2D eigenvalue weighted by Crippen LogP contribution is -2.49. The van der Waals surface area contributed by atoms with Gasteiger partial charge in [-0.2, -0.15) is 0 Å². The van der Waals surface area contributed by atoms with Gasteiger partial charge in [0, 0.05) is 6.54 Å². The molecule has 1 fully saturated rings. The van der Waals surface area contributed by atoms with Crippen molar-refractivity contribution in [2.24, 2.45) is 0 Å². The van der Waals surface area contributed by atoms with Crippen molar-refractivity contribution in [2.75, 3.05) is 24.7 Å². The number of rotatable bonds is 3. The molecular formula is C9H12N4O5. The summed E-state index contributed by atoms with van der Waals surface area (Å²) >= 11 is 0. The van der Waals surface area contributed by atoms with E-state index < -0.39 is 23.3 Å². The van der Waals surface area contributed by atoms with Crippen molar-refractivity contribution < 1.29 is 14.6 Å². The largest absolute Gasteiger partial charge is 0.481 e. The van der Waals surface area contributed by atoms with E-state index in [9.17, 15) is 14.4 Å². The molecule has 0 aromatic carbocycles. The number of H-pyrrole nitrogens is 2. The molecule has 0 aliphatic carbocycles. The molecule has 0 radical (unpaired) electrons. The van der Waals surface area contributed by atoms with Crippen LogP contribution in [0.5, 0.6) is 0 Å². The van der Waals surface area contributed by atoms with E-state index in [2.05, 4.69) is 15.2 Å². The Bertz CT molecular complexity index is 550. The number of carbonyl (C=O) groups is 1. The van der Waals surface area contributed by atoms with Gasteiger partial charge in [0.1, 0.15) is 0 Å². The van der Waals surface area contributed by atoms with Gasteiger partial charge in [-0.15, -0.1) is 5.10 Å². The first-order valence-electron chi connectivity index (χ1n) is 5.33. The lowest BCUT2D eigenvalue weighted by molar-refractivity contribution is -0.138. The van der Waals surface area contributed by atoms with Crippen LogP contribution in [0.3, 0.4) is 0 Å². The maximum Gasteiger partial charge on any atom is 0.342 e. The predicted octanol–water partition coefficient (Wildman–Crippen LogP) is -1.86. The number of aromatic amines is 2. The number of hydrogen-bond acceptors (Lipinski definition) is 6. The fraction of sp³-hybridized carbons (Fsp3) is 0.556.